The minimum absolute atomic E-state index is 0.105. The number of fused-ring (bicyclic) bond motifs is 4. The lowest BCUT2D eigenvalue weighted by Gasteiger charge is -2.29. The Morgan fingerprint density at radius 2 is 0.691 bits per heavy atom. The van der Waals surface area contributed by atoms with Gasteiger partial charge in [0.05, 0.1) is 5.69 Å². The monoisotopic (exact) mass is 867 g/mol. The van der Waals surface area contributed by atoms with Gasteiger partial charge >= 0.3 is 0 Å². The molecule has 1 aliphatic rings. The molecule has 0 aliphatic heterocycles. The fraction of sp³-hybridized carbons (Fsp3) is 0.0448. The summed E-state index contributed by atoms with van der Waals surface area (Å²) in [6, 6.07) is 95.5. The summed E-state index contributed by atoms with van der Waals surface area (Å²) in [6.45, 7) is 4.73. The van der Waals surface area contributed by atoms with Crippen LogP contribution in [0, 0.1) is 0 Å². The van der Waals surface area contributed by atoms with Crippen molar-refractivity contribution in [3.8, 4) is 77.9 Å². The van der Waals surface area contributed by atoms with Crippen molar-refractivity contribution in [2.24, 2.45) is 0 Å². The Morgan fingerprint density at radius 1 is 0.265 bits per heavy atom. The highest BCUT2D eigenvalue weighted by atomic mass is 15.1. The predicted molar refractivity (Wildman–Crippen MR) is 289 cm³/mol. The van der Waals surface area contributed by atoms with Crippen molar-refractivity contribution >= 4 is 27.8 Å². The van der Waals surface area contributed by atoms with Gasteiger partial charge in [-0.15, -0.1) is 0 Å². The normalized spacial score (nSPS) is 12.4. The number of anilines is 3. The van der Waals surface area contributed by atoms with Gasteiger partial charge in [0.1, 0.15) is 0 Å². The van der Waals surface area contributed by atoms with Gasteiger partial charge in [0.2, 0.25) is 0 Å². The summed E-state index contributed by atoms with van der Waals surface area (Å²) in [7, 11) is 0. The summed E-state index contributed by atoms with van der Waals surface area (Å²) < 4.78 is 0. The lowest BCUT2D eigenvalue weighted by atomic mass is 9.79. The van der Waals surface area contributed by atoms with Gasteiger partial charge in [0.15, 0.2) is 0 Å². The SMILES string of the molecule is CC1(C)c2ccccc2-c2cccc(-c3ccc(N(c4ccc(-c5ccc(-c6cccc(-c7ccc8ccccc8c7)c6)cc5)cc4)c4ccccc4-c4cccc(-c5ccccc5)c4)cc3)c21. The van der Waals surface area contributed by atoms with Gasteiger partial charge in [-0.25, -0.2) is 0 Å². The van der Waals surface area contributed by atoms with Gasteiger partial charge in [-0.05, 0) is 143 Å². The molecule has 322 valence electrons. The Bertz CT molecular complexity index is 3620. The highest BCUT2D eigenvalue weighted by molar-refractivity contribution is 5.92. The van der Waals surface area contributed by atoms with Crippen molar-refractivity contribution in [1.82, 2.24) is 0 Å². The van der Waals surface area contributed by atoms with E-state index in [-0.39, 0.29) is 5.41 Å². The maximum Gasteiger partial charge on any atom is 0.0540 e. The van der Waals surface area contributed by atoms with Crippen LogP contribution < -0.4 is 4.90 Å². The minimum atomic E-state index is -0.105. The van der Waals surface area contributed by atoms with Crippen LogP contribution in [0.2, 0.25) is 0 Å². The molecule has 0 unspecified atom stereocenters. The average Bonchev–Trinajstić information content (AvgIpc) is 3.65. The molecule has 1 aliphatic carbocycles. The highest BCUT2D eigenvalue weighted by Crippen LogP contribution is 2.52. The summed E-state index contributed by atoms with van der Waals surface area (Å²) in [5, 5.41) is 2.51. The van der Waals surface area contributed by atoms with Crippen LogP contribution in [0.15, 0.2) is 261 Å². The summed E-state index contributed by atoms with van der Waals surface area (Å²) in [4.78, 5) is 2.42. The van der Waals surface area contributed by atoms with E-state index in [9.17, 15) is 0 Å². The second-order valence-corrected chi connectivity index (χ2v) is 18.5. The fourth-order valence-electron chi connectivity index (χ4n) is 10.6. The van der Waals surface area contributed by atoms with Gasteiger partial charge in [-0.2, -0.15) is 0 Å². The molecule has 0 amide bonds. The third-order valence-electron chi connectivity index (χ3n) is 14.1. The number of rotatable bonds is 9. The van der Waals surface area contributed by atoms with E-state index >= 15 is 0 Å². The van der Waals surface area contributed by atoms with E-state index in [1.54, 1.807) is 0 Å². The van der Waals surface area contributed by atoms with Gasteiger partial charge in [0, 0.05) is 22.4 Å². The van der Waals surface area contributed by atoms with Crippen molar-refractivity contribution < 1.29 is 0 Å². The second kappa shape index (κ2) is 17.0. The van der Waals surface area contributed by atoms with Gasteiger partial charge in [0.25, 0.3) is 0 Å². The summed E-state index contributed by atoms with van der Waals surface area (Å²) in [5.41, 5.74) is 23.1. The molecule has 11 aromatic carbocycles. The van der Waals surface area contributed by atoms with Crippen LogP contribution in [0.4, 0.5) is 17.1 Å². The maximum atomic E-state index is 2.42. The van der Waals surface area contributed by atoms with E-state index in [0.717, 1.165) is 17.1 Å². The first-order chi connectivity index (χ1) is 33.5. The zero-order valence-corrected chi connectivity index (χ0v) is 38.3. The Morgan fingerprint density at radius 3 is 1.40 bits per heavy atom. The first-order valence-corrected chi connectivity index (χ1v) is 23.7. The zero-order chi connectivity index (χ0) is 45.6. The van der Waals surface area contributed by atoms with E-state index in [2.05, 4.69) is 280 Å². The van der Waals surface area contributed by atoms with Crippen molar-refractivity contribution in [2.45, 2.75) is 19.3 Å². The molecule has 0 saturated heterocycles. The first kappa shape index (κ1) is 40.9. The predicted octanol–water partition coefficient (Wildman–Crippen LogP) is 18.6. The second-order valence-electron chi connectivity index (χ2n) is 18.5. The molecule has 1 heteroatoms. The average molecular weight is 868 g/mol. The van der Waals surface area contributed by atoms with Crippen LogP contribution in [-0.4, -0.2) is 0 Å². The van der Waals surface area contributed by atoms with Crippen LogP contribution >= 0.6 is 0 Å². The lowest BCUT2D eigenvalue weighted by molar-refractivity contribution is 0.662. The number of hydrogen-bond acceptors (Lipinski definition) is 1. The van der Waals surface area contributed by atoms with Gasteiger partial charge < -0.3 is 4.90 Å². The summed E-state index contributed by atoms with van der Waals surface area (Å²) in [5.74, 6) is 0. The first-order valence-electron chi connectivity index (χ1n) is 23.7. The maximum absolute atomic E-state index is 2.42. The van der Waals surface area contributed by atoms with Crippen LogP contribution in [0.1, 0.15) is 25.0 Å². The summed E-state index contributed by atoms with van der Waals surface area (Å²) in [6.07, 6.45) is 0. The zero-order valence-electron chi connectivity index (χ0n) is 38.3. The smallest absolute Gasteiger partial charge is 0.0540 e. The van der Waals surface area contributed by atoms with Gasteiger partial charge in [-0.1, -0.05) is 226 Å². The van der Waals surface area contributed by atoms with E-state index in [1.807, 2.05) is 0 Å². The molecule has 0 aromatic heterocycles. The van der Waals surface area contributed by atoms with Crippen molar-refractivity contribution in [3.05, 3.63) is 272 Å². The molecule has 0 heterocycles. The van der Waals surface area contributed by atoms with Gasteiger partial charge in [-0.3, -0.25) is 0 Å². The van der Waals surface area contributed by atoms with Crippen molar-refractivity contribution in [3.63, 3.8) is 0 Å². The van der Waals surface area contributed by atoms with Crippen LogP contribution in [-0.2, 0) is 5.41 Å². The van der Waals surface area contributed by atoms with Crippen molar-refractivity contribution in [2.75, 3.05) is 4.90 Å². The van der Waals surface area contributed by atoms with Crippen LogP contribution in [0.3, 0.4) is 0 Å². The number of nitrogens with zero attached hydrogens (tertiary/aromatic N) is 1. The Kier molecular flexibility index (Phi) is 10.3. The highest BCUT2D eigenvalue weighted by Gasteiger charge is 2.37. The molecule has 0 bridgehead atoms. The molecule has 0 spiro atoms. The molecule has 0 N–H and O–H groups in total. The molecule has 1 nitrogen and oxygen atoms in total. The number of benzene rings is 11. The Balaban J connectivity index is 0.899. The fourth-order valence-corrected chi connectivity index (χ4v) is 10.6. The number of hydrogen-bond donors (Lipinski definition) is 0. The molecule has 0 radical (unpaired) electrons. The molecule has 0 atom stereocenters. The molecule has 68 heavy (non-hydrogen) atoms. The Labute approximate surface area is 399 Å². The summed E-state index contributed by atoms with van der Waals surface area (Å²) >= 11 is 0. The number of para-hydroxylation sites is 1. The van der Waals surface area contributed by atoms with E-state index < -0.39 is 0 Å². The molecule has 11 aromatic rings. The molecule has 0 saturated carbocycles. The van der Waals surface area contributed by atoms with E-state index in [0.29, 0.717) is 0 Å². The molecular formula is C67H49N. The topological polar surface area (TPSA) is 3.24 Å². The van der Waals surface area contributed by atoms with Crippen molar-refractivity contribution in [1.29, 1.82) is 0 Å². The van der Waals surface area contributed by atoms with Crippen LogP contribution in [0.5, 0.6) is 0 Å². The molecule has 12 rings (SSSR count). The molecular weight excluding hydrogens is 819 g/mol. The minimum Gasteiger partial charge on any atom is -0.310 e. The van der Waals surface area contributed by atoms with E-state index in [1.165, 1.54) is 99.8 Å². The molecule has 0 fully saturated rings. The standard InChI is InChI=1S/C67H49N/c1-67(2)64-27-10-8-24-62(64)63-26-14-25-61(66(63)67)51-37-41-59(42-38-51)68(65-28-11-9-23-60(65)57-22-13-20-54(45-57)46-15-4-3-5-16-46)58-39-35-49(36-40-58)48-29-31-50(32-30-48)53-19-12-21-55(43-53)56-34-33-47-17-6-7-18-52(47)44-56/h3-45H,1-2H3. The largest absolute Gasteiger partial charge is 0.310 e. The Hall–Kier alpha value is -8.52. The lowest BCUT2D eigenvalue weighted by Crippen LogP contribution is -2.16. The third kappa shape index (κ3) is 7.39. The third-order valence-corrected chi connectivity index (χ3v) is 14.1. The van der Waals surface area contributed by atoms with E-state index in [4.69, 9.17) is 0 Å². The van der Waals surface area contributed by atoms with Crippen LogP contribution in [0.25, 0.3) is 88.7 Å². The quantitative estimate of drug-likeness (QED) is 0.140.